The van der Waals surface area contributed by atoms with Crippen LogP contribution in [0.15, 0.2) is 41.7 Å². The van der Waals surface area contributed by atoms with E-state index in [1.807, 2.05) is 12.5 Å². The molecular formula is C16H21N3S. The van der Waals surface area contributed by atoms with Crippen molar-refractivity contribution in [3.63, 3.8) is 0 Å². The maximum absolute atomic E-state index is 4.36. The topological polar surface area (TPSA) is 29.9 Å². The van der Waals surface area contributed by atoms with Crippen molar-refractivity contribution >= 4 is 11.8 Å². The van der Waals surface area contributed by atoms with E-state index in [4.69, 9.17) is 0 Å². The van der Waals surface area contributed by atoms with Gasteiger partial charge < -0.3 is 9.88 Å². The Balaban J connectivity index is 1.88. The largest absolute Gasteiger partial charge is 0.306 e. The number of piperidine rings is 1. The van der Waals surface area contributed by atoms with Gasteiger partial charge in [0.1, 0.15) is 0 Å². The smallest absolute Gasteiger partial charge is 0.0994 e. The summed E-state index contributed by atoms with van der Waals surface area (Å²) in [6.07, 6.45) is 9.77. The monoisotopic (exact) mass is 287 g/mol. The normalized spacial score (nSPS) is 22.9. The molecule has 0 radical (unpaired) electrons. The molecule has 0 saturated carbocycles. The lowest BCUT2D eigenvalue weighted by molar-refractivity contribution is 0.334. The zero-order valence-corrected chi connectivity index (χ0v) is 12.9. The van der Waals surface area contributed by atoms with Gasteiger partial charge in [0, 0.05) is 22.7 Å². The second-order valence-corrected chi connectivity index (χ2v) is 6.32. The van der Waals surface area contributed by atoms with E-state index >= 15 is 0 Å². The first kappa shape index (κ1) is 13.7. The standard InChI is InChI=1S/C16H21N3S/c1-12-4-3-5-15(18-12)16-10-17-11-19(16)13-6-8-14(20-2)9-7-13/h6-12,15,18H,3-5H2,1-2H3. The Morgan fingerprint density at radius 3 is 2.75 bits per heavy atom. The second-order valence-electron chi connectivity index (χ2n) is 5.44. The van der Waals surface area contributed by atoms with Crippen molar-refractivity contribution in [1.82, 2.24) is 14.9 Å². The molecule has 0 amide bonds. The van der Waals surface area contributed by atoms with Gasteiger partial charge in [-0.25, -0.2) is 4.98 Å². The average Bonchev–Trinajstić information content (AvgIpc) is 2.97. The summed E-state index contributed by atoms with van der Waals surface area (Å²) in [5.74, 6) is 0. The van der Waals surface area contributed by atoms with Crippen LogP contribution >= 0.6 is 11.8 Å². The van der Waals surface area contributed by atoms with Crippen molar-refractivity contribution in [2.24, 2.45) is 0 Å². The van der Waals surface area contributed by atoms with Gasteiger partial charge in [-0.2, -0.15) is 0 Å². The Hall–Kier alpha value is -1.26. The summed E-state index contributed by atoms with van der Waals surface area (Å²) in [5.41, 5.74) is 2.46. The quantitative estimate of drug-likeness (QED) is 0.871. The number of nitrogens with zero attached hydrogens (tertiary/aromatic N) is 2. The molecule has 1 fully saturated rings. The number of benzene rings is 1. The highest BCUT2D eigenvalue weighted by molar-refractivity contribution is 7.98. The summed E-state index contributed by atoms with van der Waals surface area (Å²) < 4.78 is 2.21. The third kappa shape index (κ3) is 2.76. The molecular weight excluding hydrogens is 266 g/mol. The molecule has 2 atom stereocenters. The lowest BCUT2D eigenvalue weighted by Gasteiger charge is -2.29. The van der Waals surface area contributed by atoms with Crippen molar-refractivity contribution in [3.8, 4) is 5.69 Å². The molecule has 1 N–H and O–H groups in total. The highest BCUT2D eigenvalue weighted by atomic mass is 32.2. The summed E-state index contributed by atoms with van der Waals surface area (Å²) in [6.45, 7) is 2.26. The van der Waals surface area contributed by atoms with Gasteiger partial charge in [-0.3, -0.25) is 0 Å². The molecule has 3 nitrogen and oxygen atoms in total. The molecule has 106 valence electrons. The highest BCUT2D eigenvalue weighted by Gasteiger charge is 2.22. The van der Waals surface area contributed by atoms with Gasteiger partial charge >= 0.3 is 0 Å². The van der Waals surface area contributed by atoms with E-state index < -0.39 is 0 Å². The molecule has 0 aliphatic carbocycles. The number of imidazole rings is 1. The van der Waals surface area contributed by atoms with Crippen molar-refractivity contribution in [2.75, 3.05) is 6.26 Å². The zero-order valence-electron chi connectivity index (χ0n) is 12.0. The van der Waals surface area contributed by atoms with Crippen LogP contribution < -0.4 is 5.32 Å². The Morgan fingerprint density at radius 1 is 1.25 bits per heavy atom. The molecule has 1 aliphatic heterocycles. The summed E-state index contributed by atoms with van der Waals surface area (Å²) in [5, 5.41) is 3.69. The minimum atomic E-state index is 0.418. The van der Waals surface area contributed by atoms with E-state index in [0.29, 0.717) is 12.1 Å². The van der Waals surface area contributed by atoms with Crippen LogP contribution in [0.1, 0.15) is 37.9 Å². The van der Waals surface area contributed by atoms with E-state index in [1.54, 1.807) is 11.8 Å². The Bertz CT molecular complexity index is 561. The molecule has 2 unspecified atom stereocenters. The zero-order chi connectivity index (χ0) is 13.9. The third-order valence-electron chi connectivity index (χ3n) is 3.99. The van der Waals surface area contributed by atoms with Crippen molar-refractivity contribution in [1.29, 1.82) is 0 Å². The first-order valence-corrected chi connectivity index (χ1v) is 8.43. The minimum Gasteiger partial charge on any atom is -0.306 e. The summed E-state index contributed by atoms with van der Waals surface area (Å²) in [4.78, 5) is 5.65. The van der Waals surface area contributed by atoms with Crippen LogP contribution in [-0.4, -0.2) is 21.8 Å². The maximum Gasteiger partial charge on any atom is 0.0994 e. The minimum absolute atomic E-state index is 0.418. The first-order chi connectivity index (χ1) is 9.78. The number of aromatic nitrogens is 2. The number of hydrogen-bond acceptors (Lipinski definition) is 3. The van der Waals surface area contributed by atoms with Crippen molar-refractivity contribution < 1.29 is 0 Å². The number of thioether (sulfide) groups is 1. The number of hydrogen-bond donors (Lipinski definition) is 1. The van der Waals surface area contributed by atoms with Gasteiger partial charge in [0.25, 0.3) is 0 Å². The summed E-state index contributed by atoms with van der Waals surface area (Å²) in [7, 11) is 0. The molecule has 1 saturated heterocycles. The van der Waals surface area contributed by atoms with Crippen LogP contribution in [0.5, 0.6) is 0 Å². The first-order valence-electron chi connectivity index (χ1n) is 7.20. The molecule has 1 aromatic carbocycles. The lowest BCUT2D eigenvalue weighted by atomic mass is 9.97. The van der Waals surface area contributed by atoms with Crippen LogP contribution in [0.3, 0.4) is 0 Å². The van der Waals surface area contributed by atoms with Crippen molar-refractivity contribution in [2.45, 2.75) is 43.2 Å². The Kier molecular flexibility index (Phi) is 4.13. The molecule has 20 heavy (non-hydrogen) atoms. The fraction of sp³-hybridized carbons (Fsp3) is 0.438. The second kappa shape index (κ2) is 6.02. The maximum atomic E-state index is 4.36. The Labute approximate surface area is 124 Å². The van der Waals surface area contributed by atoms with Crippen LogP contribution in [0.25, 0.3) is 5.69 Å². The molecule has 3 rings (SSSR count). The van der Waals surface area contributed by atoms with Crippen LogP contribution in [0.2, 0.25) is 0 Å². The predicted molar refractivity (Wildman–Crippen MR) is 84.5 cm³/mol. The summed E-state index contributed by atoms with van der Waals surface area (Å²) >= 11 is 1.77. The van der Waals surface area contributed by atoms with Crippen molar-refractivity contribution in [3.05, 3.63) is 42.5 Å². The predicted octanol–water partition coefficient (Wildman–Crippen LogP) is 3.80. The van der Waals surface area contributed by atoms with E-state index in [9.17, 15) is 0 Å². The van der Waals surface area contributed by atoms with E-state index in [0.717, 1.165) is 0 Å². The van der Waals surface area contributed by atoms with E-state index in [-0.39, 0.29) is 0 Å². The fourth-order valence-corrected chi connectivity index (χ4v) is 3.30. The van der Waals surface area contributed by atoms with E-state index in [2.05, 4.69) is 52.3 Å². The fourth-order valence-electron chi connectivity index (χ4n) is 2.89. The molecule has 2 aromatic rings. The lowest BCUT2D eigenvalue weighted by Crippen LogP contribution is -2.35. The molecule has 0 bridgehead atoms. The molecule has 4 heteroatoms. The van der Waals surface area contributed by atoms with Gasteiger partial charge in [-0.15, -0.1) is 11.8 Å². The van der Waals surface area contributed by atoms with Gasteiger partial charge in [-0.05, 0) is 56.7 Å². The van der Waals surface area contributed by atoms with Crippen LogP contribution in [-0.2, 0) is 0 Å². The van der Waals surface area contributed by atoms with Gasteiger partial charge in [0.05, 0.1) is 18.2 Å². The molecule has 1 aromatic heterocycles. The Morgan fingerprint density at radius 2 is 2.05 bits per heavy atom. The number of nitrogens with one attached hydrogen (secondary N) is 1. The summed E-state index contributed by atoms with van der Waals surface area (Å²) in [6, 6.07) is 9.69. The van der Waals surface area contributed by atoms with Gasteiger partial charge in [-0.1, -0.05) is 0 Å². The van der Waals surface area contributed by atoms with E-state index in [1.165, 1.54) is 35.5 Å². The molecule has 1 aliphatic rings. The number of rotatable bonds is 3. The molecule has 0 spiro atoms. The van der Waals surface area contributed by atoms with Crippen LogP contribution in [0.4, 0.5) is 0 Å². The SMILES string of the molecule is CSc1ccc(-n2cncc2C2CCCC(C)N2)cc1. The molecule has 2 heterocycles. The average molecular weight is 287 g/mol. The highest BCUT2D eigenvalue weighted by Crippen LogP contribution is 2.27. The van der Waals surface area contributed by atoms with Gasteiger partial charge in [0.2, 0.25) is 0 Å². The van der Waals surface area contributed by atoms with Gasteiger partial charge in [0.15, 0.2) is 0 Å². The third-order valence-corrected chi connectivity index (χ3v) is 4.73. The van der Waals surface area contributed by atoms with Crippen LogP contribution in [0, 0.1) is 0 Å².